The Morgan fingerprint density at radius 3 is 2.80 bits per heavy atom. The third-order valence-corrected chi connectivity index (χ3v) is 2.21. The fourth-order valence-electron chi connectivity index (χ4n) is 0.885. The summed E-state index contributed by atoms with van der Waals surface area (Å²) in [5.41, 5.74) is 3.13. The van der Waals surface area contributed by atoms with Crippen molar-refractivity contribution in [1.82, 2.24) is 0 Å². The second-order valence-corrected chi connectivity index (χ2v) is 3.27. The van der Waals surface area contributed by atoms with Gasteiger partial charge in [-0.05, 0) is 0 Å². The first kappa shape index (κ1) is 7.69. The minimum absolute atomic E-state index is 0.0943. The number of aliphatic hydroxyl groups is 1. The molecule has 3 heteroatoms. The summed E-state index contributed by atoms with van der Waals surface area (Å²) in [5.74, 6) is 0.499. The van der Waals surface area contributed by atoms with E-state index in [1.54, 1.807) is 11.3 Å². The number of aliphatic hydroxyl groups excluding tert-OH is 1. The van der Waals surface area contributed by atoms with Gasteiger partial charge in [-0.15, -0.1) is 0 Å². The molecule has 0 saturated heterocycles. The molecule has 1 aromatic rings. The van der Waals surface area contributed by atoms with Gasteiger partial charge in [0.1, 0.15) is 0 Å². The lowest BCUT2D eigenvalue weighted by atomic mass is 10.2. The maximum Gasteiger partial charge on any atom is 0.251 e. The van der Waals surface area contributed by atoms with Crippen molar-refractivity contribution in [2.45, 2.75) is 26.5 Å². The van der Waals surface area contributed by atoms with Crippen LogP contribution < -0.4 is 4.57 Å². The summed E-state index contributed by atoms with van der Waals surface area (Å²) in [6.07, 6.45) is 0. The Labute approximate surface area is 64.8 Å². The van der Waals surface area contributed by atoms with Crippen LogP contribution in [0.25, 0.3) is 0 Å². The van der Waals surface area contributed by atoms with Gasteiger partial charge in [0, 0.05) is 5.92 Å². The summed E-state index contributed by atoms with van der Waals surface area (Å²) < 4.78 is 1.86. The molecule has 1 aromatic heterocycles. The quantitative estimate of drug-likeness (QED) is 0.640. The largest absolute Gasteiger partial charge is 0.339 e. The summed E-state index contributed by atoms with van der Waals surface area (Å²) in [5, 5.41) is 10.9. The highest BCUT2D eigenvalue weighted by molar-refractivity contribution is 7.07. The zero-order valence-electron chi connectivity index (χ0n) is 6.24. The molecule has 0 fully saturated rings. The number of nitrogens with zero attached hydrogens (tertiary/aromatic N) is 1. The van der Waals surface area contributed by atoms with E-state index < -0.39 is 0 Å². The molecule has 1 heterocycles. The van der Waals surface area contributed by atoms with Crippen LogP contribution in [0.4, 0.5) is 0 Å². The molecule has 1 rings (SSSR count). The highest BCUT2D eigenvalue weighted by Crippen LogP contribution is 2.11. The normalized spacial score (nSPS) is 10.8. The maximum absolute atomic E-state index is 8.83. The van der Waals surface area contributed by atoms with Crippen molar-refractivity contribution < 1.29 is 9.67 Å². The first-order valence-corrected chi connectivity index (χ1v) is 4.26. The van der Waals surface area contributed by atoms with Crippen LogP contribution >= 0.6 is 11.3 Å². The van der Waals surface area contributed by atoms with Gasteiger partial charge in [0.2, 0.25) is 5.51 Å². The Bertz CT molecular complexity index is 207. The zero-order chi connectivity index (χ0) is 7.56. The summed E-state index contributed by atoms with van der Waals surface area (Å²) in [6, 6.07) is 0. The predicted molar refractivity (Wildman–Crippen MR) is 40.8 cm³/mol. The second-order valence-electron chi connectivity index (χ2n) is 2.55. The van der Waals surface area contributed by atoms with Crippen LogP contribution in [-0.4, -0.2) is 5.11 Å². The highest BCUT2D eigenvalue weighted by Gasteiger charge is 2.13. The molecule has 2 nitrogen and oxygen atoms in total. The number of hydrogen-bond acceptors (Lipinski definition) is 2. The number of rotatable bonds is 2. The van der Waals surface area contributed by atoms with E-state index in [0.717, 1.165) is 0 Å². The minimum atomic E-state index is 0.0943. The van der Waals surface area contributed by atoms with E-state index in [1.165, 1.54) is 5.69 Å². The van der Waals surface area contributed by atoms with Crippen LogP contribution in [0, 0.1) is 0 Å². The third-order valence-electron chi connectivity index (χ3n) is 1.45. The Kier molecular flexibility index (Phi) is 2.40. The van der Waals surface area contributed by atoms with Gasteiger partial charge in [0.25, 0.3) is 6.73 Å². The number of aromatic nitrogens is 1. The van der Waals surface area contributed by atoms with Crippen LogP contribution in [0.1, 0.15) is 25.5 Å². The fourth-order valence-corrected chi connectivity index (χ4v) is 1.83. The van der Waals surface area contributed by atoms with Gasteiger partial charge in [0.15, 0.2) is 5.69 Å². The van der Waals surface area contributed by atoms with Crippen molar-refractivity contribution in [2.24, 2.45) is 0 Å². The SMILES string of the molecule is CC(C)c1csc[n+]1CO. The molecular weight excluding hydrogens is 146 g/mol. The molecule has 0 aliphatic carbocycles. The van der Waals surface area contributed by atoms with Crippen LogP contribution in [0.2, 0.25) is 0 Å². The van der Waals surface area contributed by atoms with Gasteiger partial charge in [-0.1, -0.05) is 25.2 Å². The zero-order valence-corrected chi connectivity index (χ0v) is 7.06. The molecule has 0 atom stereocenters. The van der Waals surface area contributed by atoms with Gasteiger partial charge in [-0.3, -0.25) is 0 Å². The Morgan fingerprint density at radius 2 is 2.40 bits per heavy atom. The van der Waals surface area contributed by atoms with E-state index >= 15 is 0 Å². The average Bonchev–Trinajstić information content (AvgIpc) is 2.33. The fraction of sp³-hybridized carbons (Fsp3) is 0.571. The monoisotopic (exact) mass is 158 g/mol. The van der Waals surface area contributed by atoms with Crippen molar-refractivity contribution in [1.29, 1.82) is 0 Å². The van der Waals surface area contributed by atoms with Crippen LogP contribution in [0.5, 0.6) is 0 Å². The first-order valence-electron chi connectivity index (χ1n) is 3.32. The smallest absolute Gasteiger partial charge is 0.251 e. The third kappa shape index (κ3) is 1.36. The molecule has 0 saturated carbocycles. The summed E-state index contributed by atoms with van der Waals surface area (Å²) in [7, 11) is 0. The molecule has 0 spiro atoms. The average molecular weight is 158 g/mol. The molecule has 0 aliphatic heterocycles. The molecule has 0 amide bonds. The molecule has 0 aliphatic rings. The molecule has 0 aromatic carbocycles. The van der Waals surface area contributed by atoms with Crippen LogP contribution in [0.15, 0.2) is 10.9 Å². The van der Waals surface area contributed by atoms with E-state index in [0.29, 0.717) is 5.92 Å². The number of thiazole rings is 1. The molecule has 0 bridgehead atoms. The lowest BCUT2D eigenvalue weighted by Crippen LogP contribution is -2.35. The summed E-state index contributed by atoms with van der Waals surface area (Å²) in [4.78, 5) is 0. The second kappa shape index (κ2) is 3.12. The van der Waals surface area contributed by atoms with E-state index in [-0.39, 0.29) is 6.73 Å². The Balaban J connectivity index is 2.90. The van der Waals surface area contributed by atoms with Crippen LogP contribution in [0.3, 0.4) is 0 Å². The molecule has 0 radical (unpaired) electrons. The highest BCUT2D eigenvalue weighted by atomic mass is 32.1. The van der Waals surface area contributed by atoms with E-state index in [1.807, 2.05) is 10.1 Å². The van der Waals surface area contributed by atoms with E-state index in [4.69, 9.17) is 5.11 Å². The van der Waals surface area contributed by atoms with E-state index in [9.17, 15) is 0 Å². The summed E-state index contributed by atoms with van der Waals surface area (Å²) in [6.45, 7) is 4.33. The minimum Gasteiger partial charge on any atom is -0.339 e. The molecular formula is C7H12NOS+. The molecule has 10 heavy (non-hydrogen) atoms. The van der Waals surface area contributed by atoms with Crippen molar-refractivity contribution >= 4 is 11.3 Å². The van der Waals surface area contributed by atoms with Gasteiger partial charge in [0.05, 0.1) is 5.38 Å². The Hall–Kier alpha value is -0.410. The van der Waals surface area contributed by atoms with Gasteiger partial charge in [-0.2, -0.15) is 4.57 Å². The topological polar surface area (TPSA) is 24.1 Å². The van der Waals surface area contributed by atoms with Gasteiger partial charge >= 0.3 is 0 Å². The Morgan fingerprint density at radius 1 is 1.70 bits per heavy atom. The van der Waals surface area contributed by atoms with Crippen molar-refractivity contribution in [2.75, 3.05) is 0 Å². The standard InChI is InChI=1S/C7H12NOS/c1-6(2)7-3-10-5-8(7)4-9/h3,5-6,9H,4H2,1-2H3/q+1. The molecule has 1 N–H and O–H groups in total. The van der Waals surface area contributed by atoms with E-state index in [2.05, 4.69) is 19.2 Å². The van der Waals surface area contributed by atoms with Gasteiger partial charge < -0.3 is 5.11 Å². The lowest BCUT2D eigenvalue weighted by Gasteiger charge is -1.96. The predicted octanol–water partition coefficient (Wildman–Crippen LogP) is 1.11. The molecule has 56 valence electrons. The van der Waals surface area contributed by atoms with Crippen molar-refractivity contribution in [3.63, 3.8) is 0 Å². The number of hydrogen-bond donors (Lipinski definition) is 1. The molecule has 0 unspecified atom stereocenters. The lowest BCUT2D eigenvalue weighted by molar-refractivity contribution is -0.732. The van der Waals surface area contributed by atoms with Gasteiger partial charge in [-0.25, -0.2) is 0 Å². The first-order chi connectivity index (χ1) is 4.75. The van der Waals surface area contributed by atoms with Crippen molar-refractivity contribution in [3.8, 4) is 0 Å². The summed E-state index contributed by atoms with van der Waals surface area (Å²) >= 11 is 1.62. The van der Waals surface area contributed by atoms with Crippen LogP contribution in [-0.2, 0) is 6.73 Å². The van der Waals surface area contributed by atoms with Crippen molar-refractivity contribution in [3.05, 3.63) is 16.6 Å². The maximum atomic E-state index is 8.83.